The summed E-state index contributed by atoms with van der Waals surface area (Å²) < 4.78 is 57.5. The van der Waals surface area contributed by atoms with Gasteiger partial charge in [-0.3, -0.25) is 9.27 Å². The molecule has 22 heavy (non-hydrogen) atoms. The predicted octanol–water partition coefficient (Wildman–Crippen LogP) is 1.02. The Labute approximate surface area is 127 Å². The van der Waals surface area contributed by atoms with Gasteiger partial charge in [0.2, 0.25) is 0 Å². The quantitative estimate of drug-likeness (QED) is 0.368. The zero-order valence-corrected chi connectivity index (χ0v) is 12.6. The van der Waals surface area contributed by atoms with Gasteiger partial charge in [0.25, 0.3) is 20.1 Å². The lowest BCUT2D eigenvalue weighted by Gasteiger charge is -2.10. The Hall–Kier alpha value is -2.30. The fourth-order valence-corrected chi connectivity index (χ4v) is 3.24. The van der Waals surface area contributed by atoms with Crippen LogP contribution in [0.2, 0.25) is 0 Å². The van der Waals surface area contributed by atoms with Gasteiger partial charge in [-0.1, -0.05) is 6.07 Å². The fraction of sp³-hybridized carbons (Fsp3) is 0. The summed E-state index contributed by atoms with van der Waals surface area (Å²) in [4.78, 5) is -0.655. The SMILES string of the molecule is Nc1cc(S(=O)(=O)Nc2cccc(S(=O)(=O)O)c2)ccc1O. The first kappa shape index (κ1) is 16.1. The third-order valence-corrected chi connectivity index (χ3v) is 4.92. The van der Waals surface area contributed by atoms with E-state index in [4.69, 9.17) is 10.3 Å². The van der Waals surface area contributed by atoms with Crippen molar-refractivity contribution in [2.75, 3.05) is 10.5 Å². The van der Waals surface area contributed by atoms with Gasteiger partial charge in [0.05, 0.1) is 21.2 Å². The summed E-state index contributed by atoms with van der Waals surface area (Å²) in [6, 6.07) is 7.99. The average molecular weight is 344 g/mol. The first-order valence-corrected chi connectivity index (χ1v) is 8.71. The number of nitrogens with one attached hydrogen (secondary N) is 1. The van der Waals surface area contributed by atoms with Gasteiger partial charge in [-0.05, 0) is 36.4 Å². The van der Waals surface area contributed by atoms with E-state index < -0.39 is 25.0 Å². The number of hydrogen-bond acceptors (Lipinski definition) is 6. The Morgan fingerprint density at radius 1 is 0.955 bits per heavy atom. The molecule has 0 atom stereocenters. The van der Waals surface area contributed by atoms with E-state index in [9.17, 15) is 21.9 Å². The van der Waals surface area contributed by atoms with Crippen LogP contribution in [0.5, 0.6) is 5.75 Å². The summed E-state index contributed by atoms with van der Waals surface area (Å²) in [6.45, 7) is 0. The molecule has 2 aromatic carbocycles. The molecule has 10 heteroatoms. The third-order valence-electron chi connectivity index (χ3n) is 2.69. The summed E-state index contributed by atoms with van der Waals surface area (Å²) in [5, 5.41) is 9.29. The van der Waals surface area contributed by atoms with E-state index in [0.29, 0.717) is 0 Å². The number of nitrogen functional groups attached to an aromatic ring is 1. The molecule has 0 unspecified atom stereocenters. The van der Waals surface area contributed by atoms with E-state index >= 15 is 0 Å². The highest BCUT2D eigenvalue weighted by molar-refractivity contribution is 7.92. The average Bonchev–Trinajstić information content (AvgIpc) is 2.40. The van der Waals surface area contributed by atoms with E-state index in [0.717, 1.165) is 30.3 Å². The van der Waals surface area contributed by atoms with Crippen LogP contribution in [0.1, 0.15) is 0 Å². The number of sulfonamides is 1. The lowest BCUT2D eigenvalue weighted by molar-refractivity contribution is 0.477. The first-order valence-electron chi connectivity index (χ1n) is 5.78. The molecule has 2 aromatic rings. The number of nitrogens with two attached hydrogens (primary N) is 1. The van der Waals surface area contributed by atoms with Gasteiger partial charge in [-0.25, -0.2) is 8.42 Å². The van der Waals surface area contributed by atoms with E-state index in [1.54, 1.807) is 0 Å². The molecule has 0 amide bonds. The fourth-order valence-electron chi connectivity index (χ4n) is 1.63. The summed E-state index contributed by atoms with van der Waals surface area (Å²) in [6.07, 6.45) is 0. The number of phenolic OH excluding ortho intramolecular Hbond substituents is 1. The largest absolute Gasteiger partial charge is 0.506 e. The van der Waals surface area contributed by atoms with Gasteiger partial charge >= 0.3 is 0 Å². The maximum atomic E-state index is 12.2. The number of anilines is 2. The van der Waals surface area contributed by atoms with Crippen molar-refractivity contribution in [3.05, 3.63) is 42.5 Å². The second kappa shape index (κ2) is 5.48. The second-order valence-corrected chi connectivity index (χ2v) is 7.43. The van der Waals surface area contributed by atoms with Crippen LogP contribution in [-0.2, 0) is 20.1 Å². The normalized spacial score (nSPS) is 12.0. The second-order valence-electron chi connectivity index (χ2n) is 4.33. The molecule has 2 rings (SSSR count). The molecular formula is C12H12N2O6S2. The molecule has 8 nitrogen and oxygen atoms in total. The lowest BCUT2D eigenvalue weighted by Crippen LogP contribution is -2.13. The molecule has 0 radical (unpaired) electrons. The van der Waals surface area contributed by atoms with Crippen LogP contribution in [0.25, 0.3) is 0 Å². The minimum absolute atomic E-state index is 0.0539. The van der Waals surface area contributed by atoms with E-state index in [1.165, 1.54) is 12.1 Å². The van der Waals surface area contributed by atoms with Crippen molar-refractivity contribution in [3.63, 3.8) is 0 Å². The number of aromatic hydroxyl groups is 1. The standard InChI is InChI=1S/C12H12N2O6S2/c13-11-7-9(4-5-12(11)15)21(16,17)14-8-2-1-3-10(6-8)22(18,19)20/h1-7,14-15H,13H2,(H,18,19,20). The zero-order chi connectivity index (χ0) is 16.5. The molecule has 0 bridgehead atoms. The van der Waals surface area contributed by atoms with Crippen molar-refractivity contribution >= 4 is 31.5 Å². The monoisotopic (exact) mass is 344 g/mol. The molecule has 0 aliphatic rings. The lowest BCUT2D eigenvalue weighted by atomic mass is 10.3. The van der Waals surface area contributed by atoms with Crippen molar-refractivity contribution in [1.29, 1.82) is 0 Å². The zero-order valence-electron chi connectivity index (χ0n) is 11.0. The van der Waals surface area contributed by atoms with Gasteiger partial charge in [0.15, 0.2) is 0 Å². The van der Waals surface area contributed by atoms with Crippen molar-refractivity contribution in [2.45, 2.75) is 9.79 Å². The molecule has 0 spiro atoms. The maximum absolute atomic E-state index is 12.2. The number of benzene rings is 2. The van der Waals surface area contributed by atoms with Gasteiger partial charge in [0.1, 0.15) is 5.75 Å². The summed E-state index contributed by atoms with van der Waals surface area (Å²) >= 11 is 0. The van der Waals surface area contributed by atoms with Crippen molar-refractivity contribution in [2.24, 2.45) is 0 Å². The maximum Gasteiger partial charge on any atom is 0.294 e. The Morgan fingerprint density at radius 3 is 2.23 bits per heavy atom. The smallest absolute Gasteiger partial charge is 0.294 e. The Bertz CT molecular complexity index is 922. The molecule has 0 saturated carbocycles. The van der Waals surface area contributed by atoms with Gasteiger partial charge in [-0.2, -0.15) is 8.42 Å². The van der Waals surface area contributed by atoms with Crippen molar-refractivity contribution in [1.82, 2.24) is 0 Å². The van der Waals surface area contributed by atoms with Crippen LogP contribution < -0.4 is 10.5 Å². The Morgan fingerprint density at radius 2 is 1.64 bits per heavy atom. The van der Waals surface area contributed by atoms with Crippen LogP contribution in [0.3, 0.4) is 0 Å². The number of rotatable bonds is 4. The van der Waals surface area contributed by atoms with Crippen LogP contribution in [-0.4, -0.2) is 26.5 Å². The Kier molecular flexibility index (Phi) is 4.00. The van der Waals surface area contributed by atoms with Crippen molar-refractivity contribution in [3.8, 4) is 5.75 Å². The van der Waals surface area contributed by atoms with Gasteiger partial charge < -0.3 is 10.8 Å². The van der Waals surface area contributed by atoms with Crippen LogP contribution >= 0.6 is 0 Å². The molecule has 0 saturated heterocycles. The molecule has 118 valence electrons. The highest BCUT2D eigenvalue weighted by atomic mass is 32.2. The number of hydrogen-bond donors (Lipinski definition) is 4. The summed E-state index contributed by atoms with van der Waals surface area (Å²) in [5.41, 5.74) is 5.27. The Balaban J connectivity index is 2.39. The molecule has 0 heterocycles. The van der Waals surface area contributed by atoms with Crippen LogP contribution in [0.15, 0.2) is 52.3 Å². The highest BCUT2D eigenvalue weighted by Crippen LogP contribution is 2.25. The van der Waals surface area contributed by atoms with E-state index in [-0.39, 0.29) is 22.0 Å². The molecule has 0 aromatic heterocycles. The van der Waals surface area contributed by atoms with Crippen LogP contribution in [0, 0.1) is 0 Å². The molecular weight excluding hydrogens is 332 g/mol. The summed E-state index contributed by atoms with van der Waals surface area (Å²) in [5.74, 6) is -0.257. The minimum atomic E-state index is -4.45. The third kappa shape index (κ3) is 3.47. The van der Waals surface area contributed by atoms with Crippen LogP contribution in [0.4, 0.5) is 11.4 Å². The molecule has 5 N–H and O–H groups in total. The van der Waals surface area contributed by atoms with Gasteiger partial charge in [0, 0.05) is 0 Å². The molecule has 0 fully saturated rings. The van der Waals surface area contributed by atoms with Gasteiger partial charge in [-0.15, -0.1) is 0 Å². The predicted molar refractivity (Wildman–Crippen MR) is 79.6 cm³/mol. The molecule has 0 aliphatic carbocycles. The minimum Gasteiger partial charge on any atom is -0.506 e. The number of phenols is 1. The van der Waals surface area contributed by atoms with E-state index in [2.05, 4.69) is 4.72 Å². The molecule has 0 aliphatic heterocycles. The highest BCUT2D eigenvalue weighted by Gasteiger charge is 2.17. The van der Waals surface area contributed by atoms with E-state index in [1.807, 2.05) is 0 Å². The first-order chi connectivity index (χ1) is 10.1. The van der Waals surface area contributed by atoms with Crippen molar-refractivity contribution < 1.29 is 26.5 Å². The topological polar surface area (TPSA) is 147 Å². The summed E-state index contributed by atoms with van der Waals surface area (Å²) in [7, 11) is -8.48.